The summed E-state index contributed by atoms with van der Waals surface area (Å²) in [7, 11) is 1.02. The molecule has 2 saturated heterocycles. The van der Waals surface area contributed by atoms with Crippen LogP contribution in [-0.4, -0.2) is 110 Å². The highest BCUT2D eigenvalue weighted by Crippen LogP contribution is 2.38. The van der Waals surface area contributed by atoms with Crippen molar-refractivity contribution in [3.8, 4) is 6.01 Å². The van der Waals surface area contributed by atoms with Crippen molar-refractivity contribution in [3.63, 3.8) is 0 Å². The van der Waals surface area contributed by atoms with Gasteiger partial charge in [-0.2, -0.15) is 9.97 Å². The van der Waals surface area contributed by atoms with E-state index in [0.29, 0.717) is 58.1 Å². The third-order valence-electron chi connectivity index (χ3n) is 10.4. The molecular weight excluding hydrogens is 647 g/mol. The number of fused-ring (bicyclic) bond motifs is 2. The molecule has 2 fully saturated rings. The van der Waals surface area contributed by atoms with Crippen LogP contribution in [0.15, 0.2) is 18.3 Å². The average Bonchev–Trinajstić information content (AvgIpc) is 3.65. The quantitative estimate of drug-likeness (QED) is 0.174. The van der Waals surface area contributed by atoms with E-state index in [4.69, 9.17) is 24.2 Å². The molecule has 3 aliphatic heterocycles. The van der Waals surface area contributed by atoms with Crippen LogP contribution in [0.3, 0.4) is 0 Å². The predicted octanol–water partition coefficient (Wildman–Crippen LogP) is 6.45. The molecule has 0 N–H and O–H groups in total. The molecule has 50 heavy (non-hydrogen) atoms. The van der Waals surface area contributed by atoms with E-state index in [1.807, 2.05) is 20.8 Å². The number of anilines is 2. The van der Waals surface area contributed by atoms with Crippen molar-refractivity contribution >= 4 is 36.6 Å². The van der Waals surface area contributed by atoms with Gasteiger partial charge in [0.05, 0.1) is 17.8 Å². The number of ether oxygens (including phenoxy) is 3. The Kier molecular flexibility index (Phi) is 10.7. The predicted molar refractivity (Wildman–Crippen MR) is 203 cm³/mol. The Hall–Kier alpha value is -3.35. The number of carbonyl (C=O) groups is 1. The van der Waals surface area contributed by atoms with Crippen molar-refractivity contribution in [1.82, 2.24) is 24.3 Å². The molecule has 0 unspecified atom stereocenters. The number of carbonyl (C=O) groups excluding carboxylic acids is 1. The van der Waals surface area contributed by atoms with E-state index < -0.39 is 13.7 Å². The van der Waals surface area contributed by atoms with E-state index in [2.05, 4.69) is 78.1 Å². The lowest BCUT2D eigenvalue weighted by molar-refractivity contribution is 0.0240. The summed E-state index contributed by atoms with van der Waals surface area (Å²) in [6.45, 7) is 24.5. The van der Waals surface area contributed by atoms with Gasteiger partial charge >= 0.3 is 12.1 Å². The molecule has 0 saturated carbocycles. The Morgan fingerprint density at radius 3 is 2.46 bits per heavy atom. The summed E-state index contributed by atoms with van der Waals surface area (Å²) in [5, 5.41) is 1.25. The molecule has 5 heterocycles. The van der Waals surface area contributed by atoms with E-state index in [1.165, 1.54) is 39.7 Å². The van der Waals surface area contributed by atoms with Gasteiger partial charge in [-0.05, 0) is 96.8 Å². The standard InChI is InChI=1S/C38H59N7O4Si/c1-27-23-33-31(13-16-45(33)26-47-21-22-50(7,8)9)34(28(27)2)44-15-12-30-32(24-44)39-36(48-25-29-11-10-14-41(29)6)40-35(30)42-17-19-43(20-18-42)37(46)49-38(3,4)5/h13,16,23,29H,10-12,14-15,17-22,24-26H2,1-9H3/t29-/m0/s1. The minimum Gasteiger partial charge on any atom is -0.462 e. The van der Waals surface area contributed by atoms with E-state index in [-0.39, 0.29) is 6.09 Å². The highest BCUT2D eigenvalue weighted by molar-refractivity contribution is 6.76. The Labute approximate surface area is 299 Å². The summed E-state index contributed by atoms with van der Waals surface area (Å²) >= 11 is 0. The zero-order chi connectivity index (χ0) is 35.8. The van der Waals surface area contributed by atoms with Crippen molar-refractivity contribution in [2.75, 3.05) is 69.3 Å². The largest absolute Gasteiger partial charge is 0.462 e. The lowest BCUT2D eigenvalue weighted by Crippen LogP contribution is -2.50. The lowest BCUT2D eigenvalue weighted by atomic mass is 9.99. The van der Waals surface area contributed by atoms with Gasteiger partial charge < -0.3 is 38.4 Å². The molecule has 0 radical (unpaired) electrons. The van der Waals surface area contributed by atoms with Gasteiger partial charge in [0.2, 0.25) is 0 Å². The Bertz CT molecular complexity index is 1670. The number of aromatic nitrogens is 3. The van der Waals surface area contributed by atoms with E-state index >= 15 is 0 Å². The van der Waals surface area contributed by atoms with Gasteiger partial charge in [-0.25, -0.2) is 4.79 Å². The van der Waals surface area contributed by atoms with Crippen molar-refractivity contribution in [1.29, 1.82) is 0 Å². The molecule has 1 aromatic carbocycles. The number of piperazine rings is 1. The molecule has 1 amide bonds. The molecule has 0 spiro atoms. The van der Waals surface area contributed by atoms with Crippen LogP contribution in [0.25, 0.3) is 10.9 Å². The second kappa shape index (κ2) is 14.7. The number of benzene rings is 1. The molecule has 11 nitrogen and oxygen atoms in total. The van der Waals surface area contributed by atoms with Gasteiger partial charge in [0.25, 0.3) is 0 Å². The van der Waals surface area contributed by atoms with E-state index in [1.54, 1.807) is 4.90 Å². The molecular formula is C38H59N7O4Si. The summed E-state index contributed by atoms with van der Waals surface area (Å²) in [5.74, 6) is 0.945. The fourth-order valence-electron chi connectivity index (χ4n) is 7.30. The number of nitrogens with zero attached hydrogens (tertiary/aromatic N) is 7. The zero-order valence-corrected chi connectivity index (χ0v) is 33.0. The van der Waals surface area contributed by atoms with Gasteiger partial charge in [0.1, 0.15) is 24.8 Å². The summed E-state index contributed by atoms with van der Waals surface area (Å²) in [5.41, 5.74) is 6.74. The molecule has 0 aliphatic carbocycles. The van der Waals surface area contributed by atoms with Gasteiger partial charge in [-0.3, -0.25) is 0 Å². The SMILES string of the molecule is Cc1cc2c(ccn2COCC[Si](C)(C)C)c(N2CCc3c(nc(OC[C@@H]4CCCN4C)nc3N3CCN(C(=O)OC(C)(C)C)CC3)C2)c1C. The third kappa shape index (κ3) is 8.40. The number of hydrogen-bond acceptors (Lipinski definition) is 9. The van der Waals surface area contributed by atoms with Crippen molar-refractivity contribution in [3.05, 3.63) is 40.7 Å². The molecule has 3 aromatic rings. The van der Waals surface area contributed by atoms with Gasteiger partial charge in [0.15, 0.2) is 0 Å². The monoisotopic (exact) mass is 705 g/mol. The first-order valence-corrected chi connectivity index (χ1v) is 22.2. The Morgan fingerprint density at radius 2 is 1.78 bits per heavy atom. The van der Waals surface area contributed by atoms with Crippen LogP contribution in [0.5, 0.6) is 6.01 Å². The van der Waals surface area contributed by atoms with Crippen LogP contribution in [0.1, 0.15) is 56.0 Å². The maximum atomic E-state index is 12.8. The van der Waals surface area contributed by atoms with Crippen molar-refractivity contribution < 1.29 is 19.0 Å². The van der Waals surface area contributed by atoms with Gasteiger partial charge in [-0.15, -0.1) is 0 Å². The fourth-order valence-corrected chi connectivity index (χ4v) is 8.06. The van der Waals surface area contributed by atoms with Crippen molar-refractivity contribution in [2.45, 2.75) is 104 Å². The van der Waals surface area contributed by atoms with E-state index in [0.717, 1.165) is 50.1 Å². The normalized spacial score (nSPS) is 19.0. The molecule has 12 heteroatoms. The van der Waals surface area contributed by atoms with Gasteiger partial charge in [-0.1, -0.05) is 19.6 Å². The zero-order valence-electron chi connectivity index (χ0n) is 32.0. The summed E-state index contributed by atoms with van der Waals surface area (Å²) in [6.07, 6.45) is 5.06. The maximum Gasteiger partial charge on any atom is 0.410 e. The molecule has 0 bridgehead atoms. The highest BCUT2D eigenvalue weighted by Gasteiger charge is 2.32. The molecule has 274 valence electrons. The Balaban J connectivity index is 1.26. The topological polar surface area (TPSA) is 88.4 Å². The molecule has 3 aliphatic rings. The van der Waals surface area contributed by atoms with Crippen LogP contribution in [0.2, 0.25) is 25.7 Å². The smallest absolute Gasteiger partial charge is 0.410 e. The van der Waals surface area contributed by atoms with Crippen molar-refractivity contribution in [2.24, 2.45) is 0 Å². The number of rotatable bonds is 10. The van der Waals surface area contributed by atoms with E-state index in [9.17, 15) is 4.79 Å². The van der Waals surface area contributed by atoms with Crippen LogP contribution in [0, 0.1) is 13.8 Å². The van der Waals surface area contributed by atoms with Crippen LogP contribution in [-0.2, 0) is 29.2 Å². The maximum absolute atomic E-state index is 12.8. The summed E-state index contributed by atoms with van der Waals surface area (Å²) < 4.78 is 20.5. The number of likely N-dealkylation sites (N-methyl/N-ethyl adjacent to an activating group) is 1. The van der Waals surface area contributed by atoms with Crippen LogP contribution < -0.4 is 14.5 Å². The first-order chi connectivity index (χ1) is 23.7. The number of amides is 1. The first-order valence-electron chi connectivity index (χ1n) is 18.5. The summed E-state index contributed by atoms with van der Waals surface area (Å²) in [4.78, 5) is 32.0. The Morgan fingerprint density at radius 1 is 1.02 bits per heavy atom. The van der Waals surface area contributed by atoms with Gasteiger partial charge in [0, 0.05) is 76.3 Å². The first kappa shape index (κ1) is 36.4. The van der Waals surface area contributed by atoms with Crippen LogP contribution in [0.4, 0.5) is 16.3 Å². The molecule has 6 rings (SSSR count). The second-order valence-corrected chi connectivity index (χ2v) is 22.3. The fraction of sp³-hybridized carbons (Fsp3) is 0.658. The number of aryl methyl sites for hydroxylation is 1. The second-order valence-electron chi connectivity index (χ2n) is 16.7. The average molecular weight is 706 g/mol. The third-order valence-corrected chi connectivity index (χ3v) is 12.1. The summed E-state index contributed by atoms with van der Waals surface area (Å²) in [6, 6.07) is 6.53. The molecule has 1 atom stereocenters. The minimum atomic E-state index is -1.15. The number of hydrogen-bond donors (Lipinski definition) is 0. The molecule has 2 aromatic heterocycles. The highest BCUT2D eigenvalue weighted by atomic mass is 28.3. The lowest BCUT2D eigenvalue weighted by Gasteiger charge is -2.38. The number of likely N-dealkylation sites (tertiary alicyclic amines) is 1. The van der Waals surface area contributed by atoms with Crippen LogP contribution >= 0.6 is 0 Å². The minimum absolute atomic E-state index is 0.256.